The van der Waals surface area contributed by atoms with Gasteiger partial charge in [-0.1, -0.05) is 6.07 Å². The molecule has 4 heterocycles. The van der Waals surface area contributed by atoms with E-state index in [2.05, 4.69) is 20.1 Å². The minimum atomic E-state index is -4.03. The molecule has 1 aliphatic carbocycles. The maximum atomic E-state index is 13.7. The van der Waals surface area contributed by atoms with Crippen LogP contribution in [0.15, 0.2) is 34.7 Å². The minimum absolute atomic E-state index is 0.190. The van der Waals surface area contributed by atoms with Gasteiger partial charge in [-0.25, -0.2) is 27.3 Å². The van der Waals surface area contributed by atoms with Crippen LogP contribution in [0.4, 0.5) is 20.3 Å². The van der Waals surface area contributed by atoms with E-state index in [1.54, 1.807) is 24.3 Å². The summed E-state index contributed by atoms with van der Waals surface area (Å²) in [6, 6.07) is 8.73. The Bertz CT molecular complexity index is 1540. The van der Waals surface area contributed by atoms with Gasteiger partial charge in [0, 0.05) is 44.7 Å². The number of pyridine rings is 1. The number of aliphatic hydroxyl groups is 1. The first-order valence-electron chi connectivity index (χ1n) is 13.9. The molecule has 41 heavy (non-hydrogen) atoms. The zero-order valence-electron chi connectivity index (χ0n) is 22.9. The largest absolute Gasteiger partial charge is 0.415 e. The summed E-state index contributed by atoms with van der Waals surface area (Å²) in [5.41, 5.74) is 3.51. The Kier molecular flexibility index (Phi) is 7.02. The Morgan fingerprint density at radius 3 is 2.27 bits per heavy atom. The summed E-state index contributed by atoms with van der Waals surface area (Å²) < 4.78 is 57.9. The third-order valence-electron chi connectivity index (χ3n) is 8.73. The molecule has 220 valence electrons. The fourth-order valence-electron chi connectivity index (χ4n) is 5.91. The number of nitrogens with two attached hydrogens (primary N) is 1. The zero-order chi connectivity index (χ0) is 29.0. The summed E-state index contributed by atoms with van der Waals surface area (Å²) in [7, 11) is -4.03. The van der Waals surface area contributed by atoms with Crippen molar-refractivity contribution in [1.29, 1.82) is 0 Å². The van der Waals surface area contributed by atoms with E-state index in [1.807, 2.05) is 17.9 Å². The van der Waals surface area contributed by atoms with Gasteiger partial charge in [-0.3, -0.25) is 0 Å². The molecule has 1 aromatic carbocycles. The Balaban J connectivity index is 1.33. The van der Waals surface area contributed by atoms with Crippen molar-refractivity contribution in [3.63, 3.8) is 0 Å². The number of primary sulfonamides is 1. The van der Waals surface area contributed by atoms with Crippen LogP contribution >= 0.6 is 0 Å². The average molecular weight is 589 g/mol. The van der Waals surface area contributed by atoms with Gasteiger partial charge in [0.25, 0.3) is 11.8 Å². The zero-order valence-corrected chi connectivity index (χ0v) is 23.7. The maximum absolute atomic E-state index is 13.7. The molecule has 3 aliphatic rings. The fourth-order valence-corrected chi connectivity index (χ4v) is 6.64. The van der Waals surface area contributed by atoms with Gasteiger partial charge in [-0.15, -0.1) is 10.2 Å². The molecule has 13 heteroatoms. The molecule has 1 unspecified atom stereocenters. The van der Waals surface area contributed by atoms with Crippen LogP contribution in [-0.4, -0.2) is 67.4 Å². The van der Waals surface area contributed by atoms with Crippen molar-refractivity contribution in [2.24, 2.45) is 10.6 Å². The molecule has 0 bridgehead atoms. The Labute approximate surface area is 237 Å². The number of aryl methyl sites for hydroxylation is 1. The van der Waals surface area contributed by atoms with Gasteiger partial charge in [-0.2, -0.15) is 0 Å². The molecule has 3 N–H and O–H groups in total. The second-order valence-corrected chi connectivity index (χ2v) is 13.4. The maximum Gasteiger partial charge on any atom is 0.266 e. The number of aromatic nitrogens is 3. The molecule has 1 saturated carbocycles. The molecular weight excluding hydrogens is 554 g/mol. The van der Waals surface area contributed by atoms with Crippen molar-refractivity contribution in [1.82, 2.24) is 15.2 Å². The highest BCUT2D eigenvalue weighted by Gasteiger charge is 2.45. The third kappa shape index (κ3) is 5.80. The number of nitrogens with zero attached hydrogens (tertiary/aromatic N) is 5. The van der Waals surface area contributed by atoms with Crippen molar-refractivity contribution < 1.29 is 26.7 Å². The Hall–Kier alpha value is -3.16. The molecule has 0 amide bonds. The smallest absolute Gasteiger partial charge is 0.266 e. The highest BCUT2D eigenvalue weighted by Crippen LogP contribution is 2.54. The molecule has 10 nitrogen and oxygen atoms in total. The number of aliphatic hydroxyl groups excluding tert-OH is 1. The first-order valence-corrected chi connectivity index (χ1v) is 15.5. The van der Waals surface area contributed by atoms with Gasteiger partial charge in [0.15, 0.2) is 0 Å². The van der Waals surface area contributed by atoms with Gasteiger partial charge >= 0.3 is 0 Å². The predicted octanol–water partition coefficient (Wildman–Crippen LogP) is 4.04. The van der Waals surface area contributed by atoms with Crippen molar-refractivity contribution in [2.75, 3.05) is 42.6 Å². The molecule has 1 atom stereocenters. The summed E-state index contributed by atoms with van der Waals surface area (Å²) in [6.07, 6.45) is 4.13. The van der Waals surface area contributed by atoms with E-state index in [1.165, 1.54) is 12.8 Å². The summed E-state index contributed by atoms with van der Waals surface area (Å²) in [6.45, 7) is 3.27. The summed E-state index contributed by atoms with van der Waals surface area (Å²) in [5, 5.41) is 22.5. The molecule has 3 aromatic rings. The van der Waals surface area contributed by atoms with Crippen LogP contribution in [0.5, 0.6) is 0 Å². The number of anilines is 2. The molecule has 2 aromatic heterocycles. The first kappa shape index (κ1) is 28.0. The Morgan fingerprint density at radius 1 is 0.976 bits per heavy atom. The lowest BCUT2D eigenvalue weighted by Gasteiger charge is -2.35. The van der Waals surface area contributed by atoms with Gasteiger partial charge in [-0.05, 0) is 73.4 Å². The van der Waals surface area contributed by atoms with Crippen molar-refractivity contribution in [3.8, 4) is 23.0 Å². The van der Waals surface area contributed by atoms with Crippen LogP contribution in [0.2, 0.25) is 0 Å². The number of sulfonamides is 1. The van der Waals surface area contributed by atoms with E-state index in [9.17, 15) is 22.3 Å². The van der Waals surface area contributed by atoms with Crippen LogP contribution in [0, 0.1) is 12.3 Å². The standard InChI is InChI=1S/C28H34F2N6O4S/c1-18-14-21(32-24(15-18)36-12-8-28(29,30)9-13-36)26-34-33-25(40-26)20-3-2-19(23(17-37)41(31,38)39)16-22(20)35-10-6-27(4-5-27)7-11-35/h2-3,14-16,23,37H,4-13,17H2,1H3,(H2,31,38,39). The van der Waals surface area contributed by atoms with Gasteiger partial charge in [0.2, 0.25) is 15.9 Å². The molecular formula is C28H34F2N6O4S. The minimum Gasteiger partial charge on any atom is -0.415 e. The lowest BCUT2D eigenvalue weighted by atomic mass is 9.92. The fraction of sp³-hybridized carbons (Fsp3) is 0.536. The van der Waals surface area contributed by atoms with Crippen LogP contribution in [-0.2, 0) is 10.0 Å². The Morgan fingerprint density at radius 2 is 1.63 bits per heavy atom. The molecule has 1 spiro atoms. The average Bonchev–Trinajstić information content (AvgIpc) is 3.48. The summed E-state index contributed by atoms with van der Waals surface area (Å²) in [4.78, 5) is 8.69. The number of halogens is 2. The van der Waals surface area contributed by atoms with E-state index in [-0.39, 0.29) is 37.7 Å². The molecule has 3 fully saturated rings. The third-order valence-corrected chi connectivity index (χ3v) is 9.94. The molecule has 2 saturated heterocycles. The SMILES string of the molecule is Cc1cc(-c2nnc(-c3ccc(C(CO)S(N)(=O)=O)cc3N3CCC4(CC3)CC4)o2)nc(N2CCC(F)(F)CC2)c1. The number of piperidine rings is 2. The second kappa shape index (κ2) is 10.3. The number of alkyl halides is 2. The number of hydrogen-bond donors (Lipinski definition) is 2. The van der Waals surface area contributed by atoms with Crippen molar-refractivity contribution in [3.05, 3.63) is 41.5 Å². The van der Waals surface area contributed by atoms with Crippen LogP contribution in [0.1, 0.15) is 54.9 Å². The van der Waals surface area contributed by atoms with E-state index in [4.69, 9.17) is 9.56 Å². The van der Waals surface area contributed by atoms with E-state index in [0.29, 0.717) is 28.1 Å². The van der Waals surface area contributed by atoms with E-state index >= 15 is 0 Å². The van der Waals surface area contributed by atoms with Gasteiger partial charge in [0.1, 0.15) is 16.8 Å². The topological polar surface area (TPSA) is 139 Å². The molecule has 2 aliphatic heterocycles. The van der Waals surface area contributed by atoms with Crippen LogP contribution in [0.25, 0.3) is 23.0 Å². The van der Waals surface area contributed by atoms with Crippen molar-refractivity contribution >= 4 is 21.5 Å². The van der Waals surface area contributed by atoms with Crippen molar-refractivity contribution in [2.45, 2.75) is 56.6 Å². The quantitative estimate of drug-likeness (QED) is 0.419. The summed E-state index contributed by atoms with van der Waals surface area (Å²) in [5.74, 6) is -1.64. The van der Waals surface area contributed by atoms with E-state index in [0.717, 1.165) is 37.2 Å². The van der Waals surface area contributed by atoms with Crippen LogP contribution < -0.4 is 14.9 Å². The van der Waals surface area contributed by atoms with Gasteiger partial charge in [0.05, 0.1) is 12.2 Å². The van der Waals surface area contributed by atoms with E-state index < -0.39 is 27.8 Å². The summed E-state index contributed by atoms with van der Waals surface area (Å²) >= 11 is 0. The lowest BCUT2D eigenvalue weighted by molar-refractivity contribution is -0.0221. The van der Waals surface area contributed by atoms with Gasteiger partial charge < -0.3 is 19.3 Å². The predicted molar refractivity (Wildman–Crippen MR) is 150 cm³/mol. The first-order chi connectivity index (χ1) is 19.5. The molecule has 0 radical (unpaired) electrons. The lowest BCUT2D eigenvalue weighted by Crippen LogP contribution is -2.39. The number of hydrogen-bond acceptors (Lipinski definition) is 9. The molecule has 6 rings (SSSR count). The highest BCUT2D eigenvalue weighted by atomic mass is 32.2. The number of benzene rings is 1. The normalized spacial score (nSPS) is 20.8. The second-order valence-electron chi connectivity index (χ2n) is 11.7. The highest BCUT2D eigenvalue weighted by molar-refractivity contribution is 7.89. The number of rotatable bonds is 7. The van der Waals surface area contributed by atoms with Crippen LogP contribution in [0.3, 0.4) is 0 Å². The monoisotopic (exact) mass is 588 g/mol.